The molecule has 8 nitrogen and oxygen atoms in total. The maximum atomic E-state index is 12.4. The molecule has 0 saturated carbocycles. The van der Waals surface area contributed by atoms with Gasteiger partial charge in [-0.05, 0) is 55.2 Å². The highest BCUT2D eigenvalue weighted by atomic mass is 35.5. The lowest BCUT2D eigenvalue weighted by Crippen LogP contribution is -2.33. The van der Waals surface area contributed by atoms with Crippen LogP contribution in [0.2, 0.25) is 10.0 Å². The van der Waals surface area contributed by atoms with E-state index in [4.69, 9.17) is 23.2 Å². The molecule has 0 aliphatic heterocycles. The van der Waals surface area contributed by atoms with Crippen LogP contribution in [0, 0.1) is 0 Å². The van der Waals surface area contributed by atoms with Gasteiger partial charge < -0.3 is 16.0 Å². The summed E-state index contributed by atoms with van der Waals surface area (Å²) in [7, 11) is -2.07. The number of anilines is 1. The second-order valence-corrected chi connectivity index (χ2v) is 9.56. The molecule has 0 unspecified atom stereocenters. The molecular formula is C21H26Cl2N4O4S. The van der Waals surface area contributed by atoms with Crippen LogP contribution in [0.25, 0.3) is 0 Å². The molecule has 0 atom stereocenters. The summed E-state index contributed by atoms with van der Waals surface area (Å²) >= 11 is 12.1. The Morgan fingerprint density at radius 1 is 0.938 bits per heavy atom. The minimum Gasteiger partial charge on any atom is -0.352 e. The summed E-state index contributed by atoms with van der Waals surface area (Å²) in [5.74, 6) is -0.418. The summed E-state index contributed by atoms with van der Waals surface area (Å²) in [6, 6.07) is 11.0. The summed E-state index contributed by atoms with van der Waals surface area (Å²) in [6.07, 6.45) is 1.66. The normalized spacial score (nSPS) is 11.0. The summed E-state index contributed by atoms with van der Waals surface area (Å²) in [5, 5.41) is 8.65. The van der Waals surface area contributed by atoms with Crippen molar-refractivity contribution in [1.82, 2.24) is 16.0 Å². The molecule has 0 spiro atoms. The van der Waals surface area contributed by atoms with E-state index in [2.05, 4.69) is 20.7 Å². The minimum atomic E-state index is -3.61. The second kappa shape index (κ2) is 12.5. The molecular weight excluding hydrogens is 475 g/mol. The Morgan fingerprint density at radius 2 is 1.59 bits per heavy atom. The fourth-order valence-electron chi connectivity index (χ4n) is 2.75. The number of aryl methyl sites for hydroxylation is 1. The predicted molar refractivity (Wildman–Crippen MR) is 128 cm³/mol. The Kier molecular flexibility index (Phi) is 10.1. The molecule has 3 amide bonds. The highest BCUT2D eigenvalue weighted by Gasteiger charge is 2.14. The van der Waals surface area contributed by atoms with Crippen molar-refractivity contribution in [2.75, 3.05) is 30.6 Å². The van der Waals surface area contributed by atoms with E-state index in [1.54, 1.807) is 37.4 Å². The molecule has 0 fully saturated rings. The van der Waals surface area contributed by atoms with Crippen molar-refractivity contribution < 1.29 is 18.0 Å². The van der Waals surface area contributed by atoms with Crippen LogP contribution in [0.4, 0.5) is 10.5 Å². The van der Waals surface area contributed by atoms with E-state index < -0.39 is 10.0 Å². The number of sulfonamides is 1. The fraction of sp³-hybridized carbons (Fsp3) is 0.333. The first kappa shape index (κ1) is 25.8. The van der Waals surface area contributed by atoms with Crippen molar-refractivity contribution in [2.45, 2.75) is 19.3 Å². The summed E-state index contributed by atoms with van der Waals surface area (Å²) in [4.78, 5) is 23.2. The standard InChI is InChI=1S/C21H26Cl2N4O4S/c1-24-21(29)26-13-3-2-12-25-20(28)16-7-9-17(10-8-16)27-32(30,31)14-11-15-5-4-6-18(22)19(15)23/h4-10,27H,2-3,11-14H2,1H3,(H,25,28)(H2,24,26,29). The van der Waals surface area contributed by atoms with Gasteiger partial charge in [-0.2, -0.15) is 0 Å². The van der Waals surface area contributed by atoms with Crippen LogP contribution in [0.5, 0.6) is 0 Å². The predicted octanol–water partition coefficient (Wildman–Crippen LogP) is 3.42. The smallest absolute Gasteiger partial charge is 0.314 e. The molecule has 174 valence electrons. The average molecular weight is 501 g/mol. The number of rotatable bonds is 11. The first-order valence-corrected chi connectivity index (χ1v) is 12.4. The van der Waals surface area contributed by atoms with Crippen LogP contribution in [0.15, 0.2) is 42.5 Å². The van der Waals surface area contributed by atoms with Gasteiger partial charge in [-0.3, -0.25) is 9.52 Å². The van der Waals surface area contributed by atoms with Gasteiger partial charge >= 0.3 is 6.03 Å². The van der Waals surface area contributed by atoms with Gasteiger partial charge in [-0.1, -0.05) is 35.3 Å². The number of hydrogen-bond donors (Lipinski definition) is 4. The zero-order chi connectivity index (χ0) is 23.6. The first-order chi connectivity index (χ1) is 15.2. The number of carbonyl (C=O) groups is 2. The van der Waals surface area contributed by atoms with Gasteiger partial charge in [0.15, 0.2) is 0 Å². The van der Waals surface area contributed by atoms with Crippen LogP contribution >= 0.6 is 23.2 Å². The fourth-order valence-corrected chi connectivity index (χ4v) is 4.25. The van der Waals surface area contributed by atoms with Crippen molar-refractivity contribution in [3.63, 3.8) is 0 Å². The number of hydrogen-bond acceptors (Lipinski definition) is 4. The SMILES string of the molecule is CNC(=O)NCCCCNC(=O)c1ccc(NS(=O)(=O)CCc2cccc(Cl)c2Cl)cc1. The van der Waals surface area contributed by atoms with Crippen LogP contribution in [-0.2, 0) is 16.4 Å². The average Bonchev–Trinajstić information content (AvgIpc) is 2.77. The number of unbranched alkanes of at least 4 members (excludes halogenated alkanes) is 1. The van der Waals surface area contributed by atoms with E-state index in [0.29, 0.717) is 46.4 Å². The molecule has 4 N–H and O–H groups in total. The number of halogens is 2. The Hall–Kier alpha value is -2.49. The van der Waals surface area contributed by atoms with Crippen molar-refractivity contribution >= 4 is 50.9 Å². The molecule has 11 heteroatoms. The molecule has 0 bridgehead atoms. The summed E-state index contributed by atoms with van der Waals surface area (Å²) in [5.41, 5.74) is 1.43. The van der Waals surface area contributed by atoms with Gasteiger partial charge in [-0.15, -0.1) is 0 Å². The van der Waals surface area contributed by atoms with Crippen molar-refractivity contribution in [2.24, 2.45) is 0 Å². The Labute approximate surface area is 198 Å². The molecule has 0 aromatic heterocycles. The largest absolute Gasteiger partial charge is 0.352 e. The lowest BCUT2D eigenvalue weighted by molar-refractivity contribution is 0.0953. The van der Waals surface area contributed by atoms with E-state index in [-0.39, 0.29) is 24.1 Å². The van der Waals surface area contributed by atoms with Gasteiger partial charge in [-0.25, -0.2) is 13.2 Å². The molecule has 2 rings (SSSR count). The molecule has 0 saturated heterocycles. The lowest BCUT2D eigenvalue weighted by Gasteiger charge is -2.10. The van der Waals surface area contributed by atoms with Gasteiger partial charge in [0.1, 0.15) is 0 Å². The molecule has 2 aromatic carbocycles. The molecule has 0 aliphatic carbocycles. The van der Waals surface area contributed by atoms with Crippen molar-refractivity contribution in [3.05, 3.63) is 63.6 Å². The minimum absolute atomic E-state index is 0.163. The van der Waals surface area contributed by atoms with E-state index in [9.17, 15) is 18.0 Å². The van der Waals surface area contributed by atoms with Gasteiger partial charge in [0, 0.05) is 31.4 Å². The van der Waals surface area contributed by atoms with Gasteiger partial charge in [0.25, 0.3) is 5.91 Å². The second-order valence-electron chi connectivity index (χ2n) is 6.93. The Morgan fingerprint density at radius 3 is 2.25 bits per heavy atom. The molecule has 0 heterocycles. The molecule has 2 aromatic rings. The number of carbonyl (C=O) groups excluding carboxylic acids is 2. The maximum Gasteiger partial charge on any atom is 0.314 e. The quantitative estimate of drug-likeness (QED) is 0.353. The van der Waals surface area contributed by atoms with E-state index in [1.165, 1.54) is 12.1 Å². The Bertz CT molecular complexity index is 1030. The summed E-state index contributed by atoms with van der Waals surface area (Å²) < 4.78 is 27.3. The molecule has 32 heavy (non-hydrogen) atoms. The van der Waals surface area contributed by atoms with Crippen LogP contribution < -0.4 is 20.7 Å². The zero-order valence-electron chi connectivity index (χ0n) is 17.6. The van der Waals surface area contributed by atoms with E-state index in [0.717, 1.165) is 6.42 Å². The van der Waals surface area contributed by atoms with Gasteiger partial charge in [0.2, 0.25) is 10.0 Å². The third kappa shape index (κ3) is 8.57. The van der Waals surface area contributed by atoms with Crippen LogP contribution in [-0.4, -0.2) is 46.2 Å². The topological polar surface area (TPSA) is 116 Å². The number of amides is 3. The highest BCUT2D eigenvalue weighted by molar-refractivity contribution is 7.92. The molecule has 0 aliphatic rings. The van der Waals surface area contributed by atoms with Gasteiger partial charge in [0.05, 0.1) is 15.8 Å². The van der Waals surface area contributed by atoms with E-state index in [1.807, 2.05) is 0 Å². The van der Waals surface area contributed by atoms with Crippen molar-refractivity contribution in [3.8, 4) is 0 Å². The van der Waals surface area contributed by atoms with Crippen LogP contribution in [0.3, 0.4) is 0 Å². The lowest BCUT2D eigenvalue weighted by atomic mass is 10.2. The van der Waals surface area contributed by atoms with Crippen LogP contribution in [0.1, 0.15) is 28.8 Å². The molecule has 0 radical (unpaired) electrons. The number of benzene rings is 2. The number of nitrogens with one attached hydrogen (secondary N) is 4. The first-order valence-electron chi connectivity index (χ1n) is 9.99. The third-order valence-electron chi connectivity index (χ3n) is 4.49. The zero-order valence-corrected chi connectivity index (χ0v) is 19.9. The van der Waals surface area contributed by atoms with Crippen molar-refractivity contribution in [1.29, 1.82) is 0 Å². The Balaban J connectivity index is 1.79. The van der Waals surface area contributed by atoms with E-state index >= 15 is 0 Å². The third-order valence-corrected chi connectivity index (χ3v) is 6.64. The monoisotopic (exact) mass is 500 g/mol. The highest BCUT2D eigenvalue weighted by Crippen LogP contribution is 2.26. The summed E-state index contributed by atoms with van der Waals surface area (Å²) in [6.45, 7) is 0.989. The maximum absolute atomic E-state index is 12.4. The number of urea groups is 1.